The molecule has 1 aromatic heterocycles. The van der Waals surface area contributed by atoms with E-state index in [0.717, 1.165) is 42.1 Å². The minimum absolute atomic E-state index is 0.0221. The van der Waals surface area contributed by atoms with Crippen LogP contribution < -0.4 is 10.9 Å². The van der Waals surface area contributed by atoms with Crippen molar-refractivity contribution in [3.8, 4) is 0 Å². The van der Waals surface area contributed by atoms with Crippen LogP contribution in [-0.4, -0.2) is 17.0 Å². The van der Waals surface area contributed by atoms with Gasteiger partial charge in [-0.05, 0) is 37.3 Å². The summed E-state index contributed by atoms with van der Waals surface area (Å²) in [4.78, 5) is 24.4. The molecule has 1 N–H and O–H groups in total. The molecular formula is C18H22N2O2. The highest BCUT2D eigenvalue weighted by Gasteiger charge is 2.22. The van der Waals surface area contributed by atoms with Gasteiger partial charge in [0.25, 0.3) is 5.56 Å². The van der Waals surface area contributed by atoms with Gasteiger partial charge in [0, 0.05) is 24.6 Å². The maximum Gasteiger partial charge on any atom is 0.254 e. The molecule has 1 amide bonds. The number of amides is 1. The molecule has 1 aromatic carbocycles. The number of hydrogen-bond donors (Lipinski definition) is 1. The highest BCUT2D eigenvalue weighted by Crippen LogP contribution is 2.24. The van der Waals surface area contributed by atoms with Gasteiger partial charge < -0.3 is 9.88 Å². The first-order valence-electron chi connectivity index (χ1n) is 8.04. The summed E-state index contributed by atoms with van der Waals surface area (Å²) < 4.78 is 1.76. The predicted molar refractivity (Wildman–Crippen MR) is 87.9 cm³/mol. The number of fused-ring (bicyclic) bond motifs is 1. The third-order valence-corrected chi connectivity index (χ3v) is 4.54. The van der Waals surface area contributed by atoms with E-state index in [-0.39, 0.29) is 17.4 Å². The fourth-order valence-electron chi connectivity index (χ4n) is 3.32. The molecule has 0 bridgehead atoms. The van der Waals surface area contributed by atoms with Gasteiger partial charge in [-0.25, -0.2) is 0 Å². The standard InChI is InChI=1S/C18H22N2O2/c1-13-12-15-8-4-5-9-16(15)20(18(13)22)11-10-19-17(21)14-6-2-3-7-14/h4-5,8-9,12,14H,2-3,6-7,10-11H2,1H3,(H,19,21). The Kier molecular flexibility index (Phi) is 4.27. The number of hydrogen-bond acceptors (Lipinski definition) is 2. The Morgan fingerprint density at radius 1 is 1.27 bits per heavy atom. The molecule has 0 aliphatic heterocycles. The average Bonchev–Trinajstić information content (AvgIpc) is 3.05. The van der Waals surface area contributed by atoms with Gasteiger partial charge in [0.1, 0.15) is 0 Å². The van der Waals surface area contributed by atoms with Crippen molar-refractivity contribution >= 4 is 16.8 Å². The zero-order valence-corrected chi connectivity index (χ0v) is 13.0. The number of pyridine rings is 1. The van der Waals surface area contributed by atoms with Crippen LogP contribution in [-0.2, 0) is 11.3 Å². The van der Waals surface area contributed by atoms with Crippen LogP contribution in [0.1, 0.15) is 31.2 Å². The molecule has 1 saturated carbocycles. The Morgan fingerprint density at radius 3 is 2.77 bits per heavy atom. The molecule has 2 aromatic rings. The molecule has 0 saturated heterocycles. The smallest absolute Gasteiger partial charge is 0.254 e. The van der Waals surface area contributed by atoms with Crippen molar-refractivity contribution in [3.63, 3.8) is 0 Å². The van der Waals surface area contributed by atoms with Crippen molar-refractivity contribution in [3.05, 3.63) is 46.2 Å². The monoisotopic (exact) mass is 298 g/mol. The lowest BCUT2D eigenvalue weighted by Gasteiger charge is -2.14. The molecule has 0 unspecified atom stereocenters. The maximum absolute atomic E-state index is 12.4. The van der Waals surface area contributed by atoms with E-state index in [1.165, 1.54) is 0 Å². The zero-order chi connectivity index (χ0) is 15.5. The second-order valence-electron chi connectivity index (χ2n) is 6.12. The van der Waals surface area contributed by atoms with E-state index in [4.69, 9.17) is 0 Å². The molecule has 4 heteroatoms. The number of carbonyl (C=O) groups excluding carboxylic acids is 1. The van der Waals surface area contributed by atoms with E-state index in [2.05, 4.69) is 5.32 Å². The predicted octanol–water partition coefficient (Wildman–Crippen LogP) is 2.62. The summed E-state index contributed by atoms with van der Waals surface area (Å²) in [5.74, 6) is 0.313. The quantitative estimate of drug-likeness (QED) is 0.943. The number of benzene rings is 1. The van der Waals surface area contributed by atoms with Gasteiger partial charge in [0.15, 0.2) is 0 Å². The van der Waals surface area contributed by atoms with Crippen LogP contribution >= 0.6 is 0 Å². The normalized spacial score (nSPS) is 15.3. The summed E-state index contributed by atoms with van der Waals surface area (Å²) >= 11 is 0. The van der Waals surface area contributed by atoms with Crippen LogP contribution in [0.4, 0.5) is 0 Å². The number of nitrogens with one attached hydrogen (secondary N) is 1. The van der Waals surface area contributed by atoms with Crippen molar-refractivity contribution in [1.82, 2.24) is 9.88 Å². The Morgan fingerprint density at radius 2 is 2.00 bits per heavy atom. The average molecular weight is 298 g/mol. The van der Waals surface area contributed by atoms with Gasteiger partial charge in [-0.3, -0.25) is 9.59 Å². The van der Waals surface area contributed by atoms with Crippen molar-refractivity contribution < 1.29 is 4.79 Å². The molecule has 1 aliphatic carbocycles. The number of rotatable bonds is 4. The molecule has 1 fully saturated rings. The minimum Gasteiger partial charge on any atom is -0.354 e. The number of carbonyl (C=O) groups is 1. The fourth-order valence-corrected chi connectivity index (χ4v) is 3.32. The summed E-state index contributed by atoms with van der Waals surface area (Å²) in [6, 6.07) is 9.79. The Hall–Kier alpha value is -2.10. The van der Waals surface area contributed by atoms with Gasteiger partial charge in [-0.2, -0.15) is 0 Å². The molecule has 22 heavy (non-hydrogen) atoms. The lowest BCUT2D eigenvalue weighted by molar-refractivity contribution is -0.124. The number of aryl methyl sites for hydroxylation is 1. The third kappa shape index (κ3) is 2.91. The molecule has 3 rings (SSSR count). The Labute approximate surface area is 130 Å². The van der Waals surface area contributed by atoms with Crippen molar-refractivity contribution in [2.24, 2.45) is 5.92 Å². The summed E-state index contributed by atoms with van der Waals surface area (Å²) in [6.45, 7) is 2.85. The molecule has 1 heterocycles. The second kappa shape index (κ2) is 6.34. The van der Waals surface area contributed by atoms with E-state index >= 15 is 0 Å². The van der Waals surface area contributed by atoms with Gasteiger partial charge >= 0.3 is 0 Å². The fraction of sp³-hybridized carbons (Fsp3) is 0.444. The van der Waals surface area contributed by atoms with Crippen LogP contribution in [0.2, 0.25) is 0 Å². The van der Waals surface area contributed by atoms with Gasteiger partial charge in [-0.15, -0.1) is 0 Å². The van der Waals surface area contributed by atoms with E-state index in [1.807, 2.05) is 37.3 Å². The highest BCUT2D eigenvalue weighted by molar-refractivity contribution is 5.80. The van der Waals surface area contributed by atoms with Crippen LogP contribution in [0.25, 0.3) is 10.9 Å². The minimum atomic E-state index is 0.0221. The van der Waals surface area contributed by atoms with Crippen LogP contribution in [0, 0.1) is 12.8 Å². The highest BCUT2D eigenvalue weighted by atomic mass is 16.2. The molecular weight excluding hydrogens is 276 g/mol. The largest absolute Gasteiger partial charge is 0.354 e. The molecule has 1 aliphatic rings. The first kappa shape index (κ1) is 14.8. The summed E-state index contributed by atoms with van der Waals surface area (Å²) in [7, 11) is 0. The Balaban J connectivity index is 1.74. The third-order valence-electron chi connectivity index (χ3n) is 4.54. The van der Waals surface area contributed by atoms with Crippen LogP contribution in [0.3, 0.4) is 0 Å². The van der Waals surface area contributed by atoms with E-state index in [9.17, 15) is 9.59 Å². The van der Waals surface area contributed by atoms with Crippen molar-refractivity contribution in [1.29, 1.82) is 0 Å². The summed E-state index contributed by atoms with van der Waals surface area (Å²) in [6.07, 6.45) is 4.30. The zero-order valence-electron chi connectivity index (χ0n) is 13.0. The van der Waals surface area contributed by atoms with Gasteiger partial charge in [0.2, 0.25) is 5.91 Å². The molecule has 0 radical (unpaired) electrons. The molecule has 4 nitrogen and oxygen atoms in total. The molecule has 0 spiro atoms. The molecule has 0 atom stereocenters. The van der Waals surface area contributed by atoms with E-state index < -0.39 is 0 Å². The Bertz CT molecular complexity index is 742. The maximum atomic E-state index is 12.4. The van der Waals surface area contributed by atoms with E-state index in [1.54, 1.807) is 4.57 Å². The summed E-state index contributed by atoms with van der Waals surface area (Å²) in [5, 5.41) is 4.04. The molecule has 116 valence electrons. The summed E-state index contributed by atoms with van der Waals surface area (Å²) in [5.41, 5.74) is 1.68. The SMILES string of the molecule is Cc1cc2ccccc2n(CCNC(=O)C2CCCC2)c1=O. The second-order valence-corrected chi connectivity index (χ2v) is 6.12. The van der Waals surface area contributed by atoms with Crippen LogP contribution in [0.15, 0.2) is 35.1 Å². The first-order valence-corrected chi connectivity index (χ1v) is 8.04. The van der Waals surface area contributed by atoms with Crippen molar-refractivity contribution in [2.45, 2.75) is 39.2 Å². The first-order chi connectivity index (χ1) is 10.7. The van der Waals surface area contributed by atoms with Gasteiger partial charge in [0.05, 0.1) is 5.52 Å². The van der Waals surface area contributed by atoms with Gasteiger partial charge in [-0.1, -0.05) is 31.0 Å². The van der Waals surface area contributed by atoms with Crippen LogP contribution in [0.5, 0.6) is 0 Å². The number of aromatic nitrogens is 1. The number of para-hydroxylation sites is 1. The number of nitrogens with zero attached hydrogens (tertiary/aromatic N) is 1. The van der Waals surface area contributed by atoms with E-state index in [0.29, 0.717) is 13.1 Å². The topological polar surface area (TPSA) is 51.1 Å². The lowest BCUT2D eigenvalue weighted by atomic mass is 10.1. The lowest BCUT2D eigenvalue weighted by Crippen LogP contribution is -2.34. The van der Waals surface area contributed by atoms with Crippen molar-refractivity contribution in [2.75, 3.05) is 6.54 Å².